The van der Waals surface area contributed by atoms with E-state index < -0.39 is 11.6 Å². The van der Waals surface area contributed by atoms with Gasteiger partial charge in [0.1, 0.15) is 5.75 Å². The van der Waals surface area contributed by atoms with E-state index in [9.17, 15) is 14.7 Å². The zero-order valence-corrected chi connectivity index (χ0v) is 26.6. The summed E-state index contributed by atoms with van der Waals surface area (Å²) >= 11 is 2.64. The van der Waals surface area contributed by atoms with Crippen LogP contribution in [0.4, 0.5) is 0 Å². The van der Waals surface area contributed by atoms with Crippen molar-refractivity contribution >= 4 is 35.5 Å². The molecule has 3 aliphatic rings. The molecular weight excluding hydrogens is 554 g/mol. The number of ether oxygens (including phenoxy) is 2. The number of hydrogen-bond donors (Lipinski definition) is 1. The number of carbonyl (C=O) groups excluding carboxylic acids is 2. The van der Waals surface area contributed by atoms with E-state index in [0.717, 1.165) is 58.8 Å². The Bertz CT molecular complexity index is 1170. The Balaban J connectivity index is 1.34. The van der Waals surface area contributed by atoms with Gasteiger partial charge >= 0.3 is 11.9 Å². The van der Waals surface area contributed by atoms with Gasteiger partial charge in [-0.3, -0.25) is 9.59 Å². The third-order valence-corrected chi connectivity index (χ3v) is 11.7. The molecule has 1 aliphatic heterocycles. The maximum atomic E-state index is 13.3. The van der Waals surface area contributed by atoms with E-state index in [-0.39, 0.29) is 30.6 Å². The van der Waals surface area contributed by atoms with Gasteiger partial charge in [-0.05, 0) is 88.7 Å². The molecule has 1 aromatic carbocycles. The summed E-state index contributed by atoms with van der Waals surface area (Å²) in [7, 11) is 0. The van der Waals surface area contributed by atoms with E-state index >= 15 is 0 Å². The van der Waals surface area contributed by atoms with E-state index in [4.69, 9.17) is 16.0 Å². The van der Waals surface area contributed by atoms with Gasteiger partial charge in [-0.25, -0.2) is 4.85 Å². The second kappa shape index (κ2) is 14.5. The van der Waals surface area contributed by atoms with Crippen molar-refractivity contribution < 1.29 is 24.2 Å². The lowest BCUT2D eigenvalue weighted by molar-refractivity contribution is -0.141. The maximum Gasteiger partial charge on any atom is 0.338 e. The molecule has 0 bridgehead atoms. The molecule has 1 aromatic rings. The Morgan fingerprint density at radius 3 is 2.27 bits per heavy atom. The monoisotopic (exact) mass is 599 g/mol. The summed E-state index contributed by atoms with van der Waals surface area (Å²) in [5, 5.41) is 9.87. The molecule has 1 N–H and O–H groups in total. The van der Waals surface area contributed by atoms with Crippen LogP contribution >= 0.6 is 23.5 Å². The number of fused-ring (bicyclic) bond motifs is 1. The van der Waals surface area contributed by atoms with Crippen molar-refractivity contribution in [2.45, 2.75) is 120 Å². The number of aliphatic hydroxyl groups is 1. The Morgan fingerprint density at radius 1 is 1.02 bits per heavy atom. The quantitative estimate of drug-likeness (QED) is 0.125. The van der Waals surface area contributed by atoms with Crippen molar-refractivity contribution in [1.29, 1.82) is 0 Å². The van der Waals surface area contributed by atoms with E-state index in [2.05, 4.69) is 11.8 Å². The van der Waals surface area contributed by atoms with Gasteiger partial charge in [-0.15, -0.1) is 0 Å². The van der Waals surface area contributed by atoms with Crippen LogP contribution < -0.4 is 4.74 Å². The van der Waals surface area contributed by atoms with E-state index in [0.29, 0.717) is 9.99 Å². The lowest BCUT2D eigenvalue weighted by Gasteiger charge is -2.37. The topological polar surface area (TPSA) is 77.2 Å². The minimum absolute atomic E-state index is 0.0290. The third-order valence-electron chi connectivity index (χ3n) is 8.95. The fourth-order valence-electron chi connectivity index (χ4n) is 6.35. The number of esters is 2. The summed E-state index contributed by atoms with van der Waals surface area (Å²) in [6.07, 6.45) is 13.8. The Morgan fingerprint density at radius 2 is 1.66 bits per heavy atom. The van der Waals surface area contributed by atoms with Crippen LogP contribution in [-0.2, 0) is 14.3 Å². The van der Waals surface area contributed by atoms with Crippen molar-refractivity contribution in [1.82, 2.24) is 0 Å². The van der Waals surface area contributed by atoms with Gasteiger partial charge in [-0.2, -0.15) is 0 Å². The highest BCUT2D eigenvalue weighted by atomic mass is 32.2. The predicted molar refractivity (Wildman–Crippen MR) is 164 cm³/mol. The normalized spacial score (nSPS) is 25.7. The van der Waals surface area contributed by atoms with Gasteiger partial charge in [0, 0.05) is 11.3 Å². The van der Waals surface area contributed by atoms with Gasteiger partial charge in [-0.1, -0.05) is 68.6 Å². The molecule has 0 radical (unpaired) electrons. The molecule has 41 heavy (non-hydrogen) atoms. The van der Waals surface area contributed by atoms with Gasteiger partial charge in [0.05, 0.1) is 33.8 Å². The Labute approximate surface area is 254 Å². The van der Waals surface area contributed by atoms with Crippen LogP contribution in [0.15, 0.2) is 31.9 Å². The largest absolute Gasteiger partial charge is 0.470 e. The number of thioether (sulfide) groups is 2. The van der Waals surface area contributed by atoms with Gasteiger partial charge in [0.25, 0.3) is 5.70 Å². The molecule has 6 nitrogen and oxygen atoms in total. The second-order valence-electron chi connectivity index (χ2n) is 12.6. The number of rotatable bonds is 10. The molecule has 0 spiro atoms. The van der Waals surface area contributed by atoms with Crippen molar-refractivity contribution in [3.05, 3.63) is 39.0 Å². The standard InChI is InChI=1S/C33H45NO5S2/c1-6-7-8-22-10-12-23(13-11-22)24-14-16-25(17-15-24)30(35)39-26-18-9-21(2)28-29(26)41-32(40-28)27(34-5)31(36)38-20-19-33(3,4)37/h9,18,22-25,37H,6-8,10-17,19-20H2,1-4H3. The zero-order chi connectivity index (χ0) is 29.6. The number of aryl methyl sites for hydroxylation is 1. The minimum Gasteiger partial charge on any atom is -0.470 e. The summed E-state index contributed by atoms with van der Waals surface area (Å²) in [4.78, 5) is 31.1. The molecule has 0 amide bonds. The second-order valence-corrected chi connectivity index (χ2v) is 14.9. The molecule has 0 atom stereocenters. The number of benzene rings is 1. The van der Waals surface area contributed by atoms with Gasteiger partial charge in [0.15, 0.2) is 0 Å². The summed E-state index contributed by atoms with van der Waals surface area (Å²) in [5.74, 6) is 2.03. The van der Waals surface area contributed by atoms with Gasteiger partial charge in [0.2, 0.25) is 0 Å². The first kappa shape index (κ1) is 32.0. The van der Waals surface area contributed by atoms with Crippen LogP contribution in [0.5, 0.6) is 5.75 Å². The smallest absolute Gasteiger partial charge is 0.338 e. The molecule has 4 rings (SSSR count). The van der Waals surface area contributed by atoms with Crippen molar-refractivity contribution in [3.63, 3.8) is 0 Å². The molecular formula is C33H45NO5S2. The minimum atomic E-state index is -0.957. The molecule has 0 aromatic heterocycles. The molecule has 2 aliphatic carbocycles. The SMILES string of the molecule is [C-]#[N+]C(C(=O)OCCC(C)(C)O)=C1Sc2c(C)ccc(OC(=O)C3CCC(C4CCC(CCCC)CC4)CC3)c2S1. The third kappa shape index (κ3) is 8.55. The van der Waals surface area contributed by atoms with Crippen LogP contribution in [0.2, 0.25) is 0 Å². The first-order chi connectivity index (χ1) is 19.6. The number of unbranched alkanes of at least 4 members (excludes halogenated alkanes) is 1. The van der Waals surface area contributed by atoms with E-state index in [1.165, 1.54) is 68.5 Å². The highest BCUT2D eigenvalue weighted by molar-refractivity contribution is 8.24. The van der Waals surface area contributed by atoms with Crippen LogP contribution in [-0.4, -0.2) is 29.3 Å². The van der Waals surface area contributed by atoms with Crippen molar-refractivity contribution in [3.8, 4) is 5.75 Å². The lowest BCUT2D eigenvalue weighted by atomic mass is 9.68. The number of hydrogen-bond acceptors (Lipinski definition) is 7. The van der Waals surface area contributed by atoms with Crippen molar-refractivity contribution in [2.24, 2.45) is 23.7 Å². The number of carbonyl (C=O) groups is 2. The molecule has 0 saturated heterocycles. The lowest BCUT2D eigenvalue weighted by Crippen LogP contribution is -2.30. The highest BCUT2D eigenvalue weighted by Gasteiger charge is 2.35. The molecule has 224 valence electrons. The summed E-state index contributed by atoms with van der Waals surface area (Å²) in [6, 6.07) is 3.75. The van der Waals surface area contributed by atoms with Crippen LogP contribution in [0, 0.1) is 37.2 Å². The highest BCUT2D eigenvalue weighted by Crippen LogP contribution is 2.57. The Hall–Kier alpha value is -1.95. The van der Waals surface area contributed by atoms with Crippen LogP contribution in [0.25, 0.3) is 4.85 Å². The number of nitrogens with zero attached hydrogens (tertiary/aromatic N) is 1. The summed E-state index contributed by atoms with van der Waals surface area (Å²) in [5.41, 5.74) is -0.0419. The van der Waals surface area contributed by atoms with E-state index in [1.807, 2.05) is 19.1 Å². The molecule has 2 saturated carbocycles. The fraction of sp³-hybridized carbons (Fsp3) is 0.667. The van der Waals surface area contributed by atoms with Gasteiger partial charge < -0.3 is 14.6 Å². The molecule has 2 fully saturated rings. The first-order valence-corrected chi connectivity index (χ1v) is 16.9. The zero-order valence-electron chi connectivity index (χ0n) is 25.0. The predicted octanol–water partition coefficient (Wildman–Crippen LogP) is 8.69. The average Bonchev–Trinajstić information content (AvgIpc) is 3.40. The first-order valence-electron chi connectivity index (χ1n) is 15.3. The van der Waals surface area contributed by atoms with Crippen LogP contribution in [0.1, 0.15) is 103 Å². The van der Waals surface area contributed by atoms with Crippen LogP contribution in [0.3, 0.4) is 0 Å². The Kier molecular flexibility index (Phi) is 11.3. The summed E-state index contributed by atoms with van der Waals surface area (Å²) in [6.45, 7) is 15.2. The summed E-state index contributed by atoms with van der Waals surface area (Å²) < 4.78 is 11.8. The molecule has 1 heterocycles. The molecule has 8 heteroatoms. The molecule has 0 unspecified atom stereocenters. The maximum absolute atomic E-state index is 13.3. The van der Waals surface area contributed by atoms with E-state index in [1.54, 1.807) is 13.8 Å². The van der Waals surface area contributed by atoms with Crippen molar-refractivity contribution in [2.75, 3.05) is 6.61 Å². The average molecular weight is 600 g/mol. The fourth-order valence-corrected chi connectivity index (χ4v) is 8.97.